The Hall–Kier alpha value is -3.15. The summed E-state index contributed by atoms with van der Waals surface area (Å²) in [5.41, 5.74) is 2.74. The predicted molar refractivity (Wildman–Crippen MR) is 93.7 cm³/mol. The molecule has 1 heterocycles. The summed E-state index contributed by atoms with van der Waals surface area (Å²) in [6.07, 6.45) is 0.980. The number of H-pyrrole nitrogens is 1. The number of nitrogens with zero attached hydrogens (tertiary/aromatic N) is 2. The molecule has 6 nitrogen and oxygen atoms in total. The Kier molecular flexibility index (Phi) is 4.56. The third-order valence-corrected chi connectivity index (χ3v) is 3.69. The van der Waals surface area contributed by atoms with Crippen LogP contribution in [0.2, 0.25) is 0 Å². The smallest absolute Gasteiger partial charge is 0.279 e. The summed E-state index contributed by atoms with van der Waals surface area (Å²) >= 11 is 0. The Balaban J connectivity index is 1.82. The lowest BCUT2D eigenvalue weighted by atomic mass is 10.1. The first-order valence-corrected chi connectivity index (χ1v) is 7.67. The molecule has 0 atom stereocenters. The first kappa shape index (κ1) is 15.7. The molecule has 0 spiro atoms. The maximum Gasteiger partial charge on any atom is 0.279 e. The van der Waals surface area contributed by atoms with Gasteiger partial charge in [0.1, 0.15) is 5.75 Å². The molecule has 0 unspecified atom stereocenters. The minimum absolute atomic E-state index is 0.268. The van der Waals surface area contributed by atoms with Gasteiger partial charge >= 0.3 is 0 Å². The molecule has 2 N–H and O–H groups in total. The minimum Gasteiger partial charge on any atom is -0.497 e. The summed E-state index contributed by atoms with van der Waals surface area (Å²) < 4.78 is 5.11. The third-order valence-electron chi connectivity index (χ3n) is 3.69. The normalized spacial score (nSPS) is 10.4. The number of aryl methyl sites for hydroxylation is 1. The van der Waals surface area contributed by atoms with Crippen molar-refractivity contribution >= 4 is 11.6 Å². The summed E-state index contributed by atoms with van der Waals surface area (Å²) in [5.74, 6) is 1.03. The van der Waals surface area contributed by atoms with E-state index in [1.54, 1.807) is 31.4 Å². The largest absolute Gasteiger partial charge is 0.497 e. The van der Waals surface area contributed by atoms with Crippen LogP contribution in [0, 0.1) is 0 Å². The lowest BCUT2D eigenvalue weighted by Gasteiger charge is -2.06. The number of hydrogen-bond acceptors (Lipinski definition) is 5. The van der Waals surface area contributed by atoms with E-state index in [1.807, 2.05) is 24.3 Å². The summed E-state index contributed by atoms with van der Waals surface area (Å²) in [7, 11) is 1.59. The van der Waals surface area contributed by atoms with Crippen molar-refractivity contribution in [1.29, 1.82) is 0 Å². The number of methoxy groups -OCH3 is 1. The molecule has 0 amide bonds. The maximum absolute atomic E-state index is 12.3. The minimum atomic E-state index is -0.303. The van der Waals surface area contributed by atoms with Gasteiger partial charge in [0.15, 0.2) is 5.69 Å². The maximum atomic E-state index is 12.3. The molecule has 2 aromatic carbocycles. The molecule has 24 heavy (non-hydrogen) atoms. The highest BCUT2D eigenvalue weighted by molar-refractivity contribution is 5.60. The molecule has 1 aromatic heterocycles. The quantitative estimate of drug-likeness (QED) is 0.754. The van der Waals surface area contributed by atoms with Crippen LogP contribution in [-0.4, -0.2) is 22.3 Å². The van der Waals surface area contributed by atoms with E-state index in [0.717, 1.165) is 17.9 Å². The van der Waals surface area contributed by atoms with Crippen LogP contribution in [0.4, 0.5) is 11.6 Å². The van der Waals surface area contributed by atoms with Crippen molar-refractivity contribution in [1.82, 2.24) is 15.2 Å². The Bertz CT molecular complexity index is 871. The van der Waals surface area contributed by atoms with Crippen LogP contribution in [0.5, 0.6) is 5.75 Å². The molecular formula is C18H18N4O2. The van der Waals surface area contributed by atoms with Crippen LogP contribution >= 0.6 is 0 Å². The van der Waals surface area contributed by atoms with Crippen molar-refractivity contribution in [2.24, 2.45) is 0 Å². The number of rotatable bonds is 5. The van der Waals surface area contributed by atoms with Gasteiger partial charge in [0, 0.05) is 11.3 Å². The van der Waals surface area contributed by atoms with E-state index < -0.39 is 0 Å². The van der Waals surface area contributed by atoms with E-state index in [-0.39, 0.29) is 11.3 Å². The molecule has 0 saturated heterocycles. The van der Waals surface area contributed by atoms with Crippen LogP contribution in [0.1, 0.15) is 12.5 Å². The first-order chi connectivity index (χ1) is 11.7. The molecule has 0 aliphatic rings. The number of aromatic amines is 1. The lowest BCUT2D eigenvalue weighted by Crippen LogP contribution is -2.15. The fourth-order valence-electron chi connectivity index (χ4n) is 2.29. The zero-order valence-corrected chi connectivity index (χ0v) is 13.5. The molecule has 0 bridgehead atoms. The van der Waals surface area contributed by atoms with Crippen molar-refractivity contribution in [2.45, 2.75) is 13.3 Å². The summed E-state index contributed by atoms with van der Waals surface area (Å²) in [4.78, 5) is 15.0. The van der Waals surface area contributed by atoms with Crippen LogP contribution in [-0.2, 0) is 6.42 Å². The molecule has 0 fully saturated rings. The average molecular weight is 322 g/mol. The Labute approximate surface area is 139 Å². The van der Waals surface area contributed by atoms with Crippen molar-refractivity contribution < 1.29 is 4.74 Å². The molecule has 0 aliphatic carbocycles. The molecule has 3 rings (SSSR count). The van der Waals surface area contributed by atoms with Gasteiger partial charge in [0.2, 0.25) is 5.95 Å². The number of anilines is 2. The Morgan fingerprint density at radius 3 is 2.33 bits per heavy atom. The lowest BCUT2D eigenvalue weighted by molar-refractivity contribution is 0.415. The van der Waals surface area contributed by atoms with E-state index >= 15 is 0 Å². The van der Waals surface area contributed by atoms with E-state index in [0.29, 0.717) is 11.5 Å². The van der Waals surface area contributed by atoms with Crippen molar-refractivity contribution in [3.63, 3.8) is 0 Å². The van der Waals surface area contributed by atoms with Gasteiger partial charge in [-0.2, -0.15) is 0 Å². The van der Waals surface area contributed by atoms with Gasteiger partial charge in [-0.1, -0.05) is 19.1 Å². The topological polar surface area (TPSA) is 79.9 Å². The third kappa shape index (κ3) is 3.43. The van der Waals surface area contributed by atoms with Crippen LogP contribution in [0.25, 0.3) is 11.3 Å². The summed E-state index contributed by atoms with van der Waals surface area (Å²) in [5, 5.41) is 11.1. The average Bonchev–Trinajstić information content (AvgIpc) is 2.63. The van der Waals surface area contributed by atoms with E-state index in [4.69, 9.17) is 4.74 Å². The Morgan fingerprint density at radius 1 is 1.04 bits per heavy atom. The van der Waals surface area contributed by atoms with Crippen molar-refractivity contribution in [3.8, 4) is 17.0 Å². The van der Waals surface area contributed by atoms with Gasteiger partial charge in [-0.15, -0.1) is 10.2 Å². The number of ether oxygens (including phenoxy) is 1. The van der Waals surface area contributed by atoms with Crippen LogP contribution in [0.15, 0.2) is 53.3 Å². The number of benzene rings is 2. The van der Waals surface area contributed by atoms with Gasteiger partial charge in [0.05, 0.1) is 7.11 Å². The van der Waals surface area contributed by atoms with E-state index in [1.165, 1.54) is 5.56 Å². The number of aromatic nitrogens is 3. The zero-order chi connectivity index (χ0) is 16.9. The fraction of sp³-hybridized carbons (Fsp3) is 0.167. The van der Waals surface area contributed by atoms with Crippen LogP contribution in [0.3, 0.4) is 0 Å². The van der Waals surface area contributed by atoms with Gasteiger partial charge < -0.3 is 10.1 Å². The Morgan fingerprint density at radius 2 is 1.75 bits per heavy atom. The standard InChI is InChI=1S/C18H18N4O2/c1-3-12-4-8-14(9-5-12)19-18-20-17(23)16(21-22-18)13-6-10-15(24-2)11-7-13/h4-11H,3H2,1-2H3,(H2,19,20,22,23). The van der Waals surface area contributed by atoms with Gasteiger partial charge in [-0.25, -0.2) is 0 Å². The highest BCUT2D eigenvalue weighted by Gasteiger charge is 2.08. The van der Waals surface area contributed by atoms with Crippen molar-refractivity contribution in [2.75, 3.05) is 12.4 Å². The van der Waals surface area contributed by atoms with Crippen molar-refractivity contribution in [3.05, 3.63) is 64.4 Å². The number of nitrogens with one attached hydrogen (secondary N) is 2. The second-order valence-corrected chi connectivity index (χ2v) is 5.26. The number of hydrogen-bond donors (Lipinski definition) is 2. The van der Waals surface area contributed by atoms with Crippen LogP contribution < -0.4 is 15.6 Å². The molecule has 3 aromatic rings. The second-order valence-electron chi connectivity index (χ2n) is 5.26. The van der Waals surface area contributed by atoms with E-state index in [2.05, 4.69) is 27.4 Å². The second kappa shape index (κ2) is 6.95. The highest BCUT2D eigenvalue weighted by Crippen LogP contribution is 2.18. The molecule has 0 aliphatic heterocycles. The van der Waals surface area contributed by atoms with Gasteiger partial charge in [-0.05, 0) is 48.4 Å². The molecule has 0 saturated carbocycles. The molecule has 0 radical (unpaired) electrons. The van der Waals surface area contributed by atoms with E-state index in [9.17, 15) is 4.79 Å². The van der Waals surface area contributed by atoms with Gasteiger partial charge in [0.25, 0.3) is 5.56 Å². The fourth-order valence-corrected chi connectivity index (χ4v) is 2.29. The monoisotopic (exact) mass is 322 g/mol. The summed E-state index contributed by atoms with van der Waals surface area (Å²) in [6.45, 7) is 2.10. The first-order valence-electron chi connectivity index (χ1n) is 7.67. The van der Waals surface area contributed by atoms with Gasteiger partial charge in [-0.3, -0.25) is 9.78 Å². The summed E-state index contributed by atoms with van der Waals surface area (Å²) in [6, 6.07) is 15.0. The predicted octanol–water partition coefficient (Wildman–Crippen LogP) is 3.15. The molecular weight excluding hydrogens is 304 g/mol. The SMILES string of the molecule is CCc1ccc(Nc2nnc(-c3ccc(OC)cc3)c(=O)[nH]2)cc1. The highest BCUT2D eigenvalue weighted by atomic mass is 16.5. The molecule has 6 heteroatoms. The molecule has 122 valence electrons. The zero-order valence-electron chi connectivity index (χ0n) is 13.5.